The Morgan fingerprint density at radius 1 is 1.53 bits per heavy atom. The molecular weight excluding hydrogens is 264 g/mol. The van der Waals surface area contributed by atoms with Crippen molar-refractivity contribution in [3.05, 3.63) is 0 Å². The van der Waals surface area contributed by atoms with Gasteiger partial charge < -0.3 is 15.3 Å². The van der Waals surface area contributed by atoms with Gasteiger partial charge in [0.2, 0.25) is 0 Å². The van der Waals surface area contributed by atoms with Gasteiger partial charge in [0.15, 0.2) is 0 Å². The van der Waals surface area contributed by atoms with Gasteiger partial charge in [-0.25, -0.2) is 4.79 Å². The number of nitrogens with zero attached hydrogens (tertiary/aromatic N) is 1. The molecule has 5 nitrogen and oxygen atoms in total. The molecule has 0 aromatic carbocycles. The van der Waals surface area contributed by atoms with Crippen molar-refractivity contribution in [1.29, 1.82) is 0 Å². The molecule has 2 N–H and O–H groups in total. The third-order valence-corrected chi connectivity index (χ3v) is 4.41. The van der Waals surface area contributed by atoms with Gasteiger partial charge in [-0.05, 0) is 32.4 Å². The number of carbonyl (C=O) groups is 2. The molecule has 1 rings (SSSR count). The van der Waals surface area contributed by atoms with Crippen molar-refractivity contribution in [2.24, 2.45) is 5.92 Å². The number of likely N-dealkylation sites (tertiary alicyclic amines) is 1. The Morgan fingerprint density at radius 2 is 2.21 bits per heavy atom. The molecule has 0 bridgehead atoms. The maximum absolute atomic E-state index is 12.2. The number of amides is 2. The van der Waals surface area contributed by atoms with Crippen LogP contribution in [0.2, 0.25) is 0 Å². The molecule has 0 spiro atoms. The summed E-state index contributed by atoms with van der Waals surface area (Å²) in [6.45, 7) is 4.51. The minimum absolute atomic E-state index is 0.0124. The number of aliphatic carboxylic acids is 1. The summed E-state index contributed by atoms with van der Waals surface area (Å²) in [6.07, 6.45) is 4.02. The molecule has 3 atom stereocenters. The number of hydrogen-bond acceptors (Lipinski definition) is 3. The number of thioether (sulfide) groups is 1. The molecule has 6 heteroatoms. The molecule has 1 fully saturated rings. The van der Waals surface area contributed by atoms with E-state index < -0.39 is 5.97 Å². The molecule has 110 valence electrons. The number of carbonyl (C=O) groups excluding carboxylic acids is 1. The lowest BCUT2D eigenvalue weighted by Gasteiger charge is -2.37. The van der Waals surface area contributed by atoms with Gasteiger partial charge in [0, 0.05) is 24.4 Å². The van der Waals surface area contributed by atoms with Gasteiger partial charge >= 0.3 is 12.0 Å². The highest BCUT2D eigenvalue weighted by molar-refractivity contribution is 7.98. The van der Waals surface area contributed by atoms with Gasteiger partial charge in [0.1, 0.15) is 0 Å². The van der Waals surface area contributed by atoms with Crippen LogP contribution in [0.5, 0.6) is 0 Å². The molecule has 0 aliphatic carbocycles. The number of hydrogen-bond donors (Lipinski definition) is 2. The van der Waals surface area contributed by atoms with E-state index in [2.05, 4.69) is 12.2 Å². The van der Waals surface area contributed by atoms with E-state index in [0.29, 0.717) is 19.4 Å². The number of carboxylic acids is 1. The Bertz CT molecular complexity index is 325. The first kappa shape index (κ1) is 16.1. The molecule has 19 heavy (non-hydrogen) atoms. The average Bonchev–Trinajstić information content (AvgIpc) is 2.37. The molecule has 0 aromatic rings. The SMILES string of the molecule is CCC(CSC)NC(=O)N1CCC(C(=O)O)CC1C. The highest BCUT2D eigenvalue weighted by Gasteiger charge is 2.32. The zero-order valence-corrected chi connectivity index (χ0v) is 12.7. The molecule has 1 aliphatic rings. The molecule has 0 aromatic heterocycles. The Labute approximate surface area is 119 Å². The highest BCUT2D eigenvalue weighted by Crippen LogP contribution is 2.23. The smallest absolute Gasteiger partial charge is 0.317 e. The van der Waals surface area contributed by atoms with E-state index in [-0.39, 0.29) is 24.0 Å². The third kappa shape index (κ3) is 4.60. The Balaban J connectivity index is 2.51. The zero-order chi connectivity index (χ0) is 14.4. The van der Waals surface area contributed by atoms with Crippen molar-refractivity contribution in [2.45, 2.75) is 45.2 Å². The molecule has 0 saturated carbocycles. The molecule has 1 saturated heterocycles. The maximum Gasteiger partial charge on any atom is 0.317 e. The number of urea groups is 1. The largest absolute Gasteiger partial charge is 0.481 e. The number of nitrogens with one attached hydrogen (secondary N) is 1. The van der Waals surface area contributed by atoms with E-state index in [1.165, 1.54) is 0 Å². The van der Waals surface area contributed by atoms with Crippen LogP contribution >= 0.6 is 11.8 Å². The minimum Gasteiger partial charge on any atom is -0.481 e. The van der Waals surface area contributed by atoms with Gasteiger partial charge in [-0.3, -0.25) is 4.79 Å². The van der Waals surface area contributed by atoms with Crippen molar-refractivity contribution in [1.82, 2.24) is 10.2 Å². The van der Waals surface area contributed by atoms with Crippen molar-refractivity contribution in [2.75, 3.05) is 18.6 Å². The summed E-state index contributed by atoms with van der Waals surface area (Å²) < 4.78 is 0. The lowest BCUT2D eigenvalue weighted by Crippen LogP contribution is -2.52. The summed E-state index contributed by atoms with van der Waals surface area (Å²) in [7, 11) is 0. The first-order valence-electron chi connectivity index (χ1n) is 6.78. The topological polar surface area (TPSA) is 69.6 Å². The molecule has 1 heterocycles. The van der Waals surface area contributed by atoms with Crippen LogP contribution in [0, 0.1) is 5.92 Å². The van der Waals surface area contributed by atoms with Crippen LogP contribution in [0.15, 0.2) is 0 Å². The lowest BCUT2D eigenvalue weighted by atomic mass is 9.92. The summed E-state index contributed by atoms with van der Waals surface area (Å²) in [5, 5.41) is 12.0. The standard InChI is InChI=1S/C13H24N2O3S/c1-4-11(8-19-3)14-13(18)15-6-5-10(12(16)17)7-9(15)2/h9-11H,4-8H2,1-3H3,(H,14,18)(H,16,17). The Hall–Kier alpha value is -0.910. The van der Waals surface area contributed by atoms with E-state index in [4.69, 9.17) is 5.11 Å². The predicted molar refractivity (Wildman–Crippen MR) is 77.5 cm³/mol. The van der Waals surface area contributed by atoms with E-state index in [1.54, 1.807) is 16.7 Å². The number of rotatable bonds is 5. The summed E-state index contributed by atoms with van der Waals surface area (Å²) in [5.41, 5.74) is 0. The summed E-state index contributed by atoms with van der Waals surface area (Å²) >= 11 is 1.72. The van der Waals surface area contributed by atoms with Crippen LogP contribution in [-0.2, 0) is 4.79 Å². The van der Waals surface area contributed by atoms with Crippen molar-refractivity contribution in [3.8, 4) is 0 Å². The minimum atomic E-state index is -0.749. The second-order valence-electron chi connectivity index (χ2n) is 5.11. The first-order valence-corrected chi connectivity index (χ1v) is 8.17. The molecule has 0 radical (unpaired) electrons. The van der Waals surface area contributed by atoms with Crippen LogP contribution in [0.3, 0.4) is 0 Å². The van der Waals surface area contributed by atoms with E-state index in [9.17, 15) is 9.59 Å². The molecule has 3 unspecified atom stereocenters. The number of carboxylic acid groups (broad SMARTS) is 1. The van der Waals surface area contributed by atoms with Gasteiger partial charge in [-0.2, -0.15) is 11.8 Å². The second kappa shape index (κ2) is 7.62. The van der Waals surface area contributed by atoms with E-state index >= 15 is 0 Å². The quantitative estimate of drug-likeness (QED) is 0.812. The predicted octanol–water partition coefficient (Wildman–Crippen LogP) is 2.02. The molecular formula is C13H24N2O3S. The Morgan fingerprint density at radius 3 is 2.68 bits per heavy atom. The van der Waals surface area contributed by atoms with Gasteiger partial charge in [0.25, 0.3) is 0 Å². The monoisotopic (exact) mass is 288 g/mol. The second-order valence-corrected chi connectivity index (χ2v) is 6.02. The van der Waals surface area contributed by atoms with Gasteiger partial charge in [0.05, 0.1) is 5.92 Å². The summed E-state index contributed by atoms with van der Waals surface area (Å²) in [5.74, 6) is -0.157. The summed E-state index contributed by atoms with van der Waals surface area (Å²) in [4.78, 5) is 24.9. The molecule has 1 aliphatic heterocycles. The third-order valence-electron chi connectivity index (χ3n) is 3.67. The number of piperidine rings is 1. The van der Waals surface area contributed by atoms with Crippen molar-refractivity contribution in [3.63, 3.8) is 0 Å². The van der Waals surface area contributed by atoms with Crippen LogP contribution in [-0.4, -0.2) is 52.6 Å². The lowest BCUT2D eigenvalue weighted by molar-refractivity contribution is -0.143. The highest BCUT2D eigenvalue weighted by atomic mass is 32.2. The van der Waals surface area contributed by atoms with Crippen molar-refractivity contribution >= 4 is 23.8 Å². The molecule has 2 amide bonds. The van der Waals surface area contributed by atoms with Crippen LogP contribution < -0.4 is 5.32 Å². The fourth-order valence-electron chi connectivity index (χ4n) is 2.42. The average molecular weight is 288 g/mol. The van der Waals surface area contributed by atoms with Crippen LogP contribution in [0.4, 0.5) is 4.79 Å². The van der Waals surface area contributed by atoms with Crippen molar-refractivity contribution < 1.29 is 14.7 Å². The van der Waals surface area contributed by atoms with E-state index in [1.807, 2.05) is 13.2 Å². The van der Waals surface area contributed by atoms with Crippen LogP contribution in [0.1, 0.15) is 33.1 Å². The fourth-order valence-corrected chi connectivity index (χ4v) is 3.14. The van der Waals surface area contributed by atoms with Gasteiger partial charge in [-0.15, -0.1) is 0 Å². The fraction of sp³-hybridized carbons (Fsp3) is 0.846. The maximum atomic E-state index is 12.2. The normalized spacial score (nSPS) is 24.9. The zero-order valence-electron chi connectivity index (χ0n) is 11.9. The van der Waals surface area contributed by atoms with Gasteiger partial charge in [-0.1, -0.05) is 6.92 Å². The van der Waals surface area contributed by atoms with E-state index in [0.717, 1.165) is 12.2 Å². The Kier molecular flexibility index (Phi) is 6.48. The van der Waals surface area contributed by atoms with Crippen LogP contribution in [0.25, 0.3) is 0 Å². The summed E-state index contributed by atoms with van der Waals surface area (Å²) in [6, 6.07) is 0.116. The first-order chi connectivity index (χ1) is 8.99.